The summed E-state index contributed by atoms with van der Waals surface area (Å²) in [5, 5.41) is 45.3. The second-order valence-corrected chi connectivity index (χ2v) is 10.2. The van der Waals surface area contributed by atoms with E-state index in [2.05, 4.69) is 22.4 Å². The molecule has 9 atom stereocenters. The minimum absolute atomic E-state index is 0.192. The molecule has 11 heteroatoms. The van der Waals surface area contributed by atoms with Gasteiger partial charge in [-0.2, -0.15) is 0 Å². The standard InChI is InChI=1S/C27H32N2O9/c1-35-25(34)16-11-36-26(38-27-24(33)23(32)22(31)18(10-30)37-27)19-13(16)6-7-15(19)20-21-14(8-9-28-20)12-4-2-3-5-17(12)29-21/h2-5,7,11,13,18-20,22-24,26-33H,6,8-10H2,1H3/t13-,18-,19+,20+,22-,23+,24-,26+,27-/m1/s1. The Bertz CT molecular complexity index is 1270. The Labute approximate surface area is 218 Å². The molecule has 1 aliphatic carbocycles. The normalized spacial score (nSPS) is 36.6. The fraction of sp³-hybridized carbons (Fsp3) is 0.519. The quantitative estimate of drug-likeness (QED) is 0.233. The monoisotopic (exact) mass is 528 g/mol. The number of ether oxygens (including phenoxy) is 4. The Morgan fingerprint density at radius 2 is 1.95 bits per heavy atom. The summed E-state index contributed by atoms with van der Waals surface area (Å²) >= 11 is 0. The topological polar surface area (TPSA) is 163 Å². The van der Waals surface area contributed by atoms with Gasteiger partial charge in [0.05, 0.1) is 37.5 Å². The van der Waals surface area contributed by atoms with Gasteiger partial charge in [0.25, 0.3) is 0 Å². The van der Waals surface area contributed by atoms with Crippen LogP contribution < -0.4 is 5.32 Å². The number of hydrogen-bond donors (Lipinski definition) is 6. The van der Waals surface area contributed by atoms with Crippen LogP contribution in [0.25, 0.3) is 10.9 Å². The highest BCUT2D eigenvalue weighted by Gasteiger charge is 2.51. The van der Waals surface area contributed by atoms with Crippen LogP contribution in [0.2, 0.25) is 0 Å². The lowest BCUT2D eigenvalue weighted by molar-refractivity contribution is -0.339. The van der Waals surface area contributed by atoms with Crippen LogP contribution in [-0.2, 0) is 30.2 Å². The summed E-state index contributed by atoms with van der Waals surface area (Å²) < 4.78 is 22.6. The molecular weight excluding hydrogens is 496 g/mol. The maximum Gasteiger partial charge on any atom is 0.337 e. The third-order valence-corrected chi connectivity index (χ3v) is 8.18. The Hall–Kier alpha value is -2.77. The first-order chi connectivity index (χ1) is 18.4. The van der Waals surface area contributed by atoms with E-state index >= 15 is 0 Å². The van der Waals surface area contributed by atoms with E-state index in [0.29, 0.717) is 12.0 Å². The largest absolute Gasteiger partial charge is 0.471 e. The van der Waals surface area contributed by atoms with Gasteiger partial charge in [-0.15, -0.1) is 0 Å². The zero-order valence-electron chi connectivity index (χ0n) is 20.8. The lowest BCUT2D eigenvalue weighted by Gasteiger charge is -2.43. The number of allylic oxidation sites excluding steroid dienone is 1. The van der Waals surface area contributed by atoms with E-state index in [-0.39, 0.29) is 12.0 Å². The van der Waals surface area contributed by atoms with E-state index in [1.165, 1.54) is 24.3 Å². The first-order valence-corrected chi connectivity index (χ1v) is 12.9. The lowest BCUT2D eigenvalue weighted by atomic mass is 9.79. The minimum Gasteiger partial charge on any atom is -0.471 e. The summed E-state index contributed by atoms with van der Waals surface area (Å²) in [6.07, 6.45) is -3.33. The first-order valence-electron chi connectivity index (χ1n) is 12.9. The molecule has 0 unspecified atom stereocenters. The van der Waals surface area contributed by atoms with Crippen molar-refractivity contribution in [3.05, 3.63) is 59.0 Å². The Morgan fingerprint density at radius 1 is 1.13 bits per heavy atom. The highest BCUT2D eigenvalue weighted by molar-refractivity contribution is 5.89. The predicted molar refractivity (Wildman–Crippen MR) is 132 cm³/mol. The average molecular weight is 529 g/mol. The van der Waals surface area contributed by atoms with Gasteiger partial charge in [0.15, 0.2) is 6.29 Å². The lowest BCUT2D eigenvalue weighted by Crippen LogP contribution is -2.60. The summed E-state index contributed by atoms with van der Waals surface area (Å²) in [7, 11) is 1.32. The van der Waals surface area contributed by atoms with Crippen LogP contribution in [0.1, 0.15) is 23.7 Å². The Balaban J connectivity index is 1.34. The number of nitrogens with one attached hydrogen (secondary N) is 2. The third kappa shape index (κ3) is 4.06. The zero-order chi connectivity index (χ0) is 26.6. The van der Waals surface area contributed by atoms with Crippen LogP contribution >= 0.6 is 0 Å². The molecule has 1 aromatic carbocycles. The predicted octanol–water partition coefficient (Wildman–Crippen LogP) is 0.147. The molecule has 6 rings (SSSR count). The van der Waals surface area contributed by atoms with Gasteiger partial charge in [0.2, 0.25) is 6.29 Å². The summed E-state index contributed by atoms with van der Waals surface area (Å²) in [6, 6.07) is 7.97. The fourth-order valence-electron chi connectivity index (χ4n) is 6.28. The molecule has 0 radical (unpaired) electrons. The molecule has 0 bridgehead atoms. The summed E-state index contributed by atoms with van der Waals surface area (Å²) in [6.45, 7) is 0.183. The average Bonchev–Trinajstić information content (AvgIpc) is 3.55. The molecule has 1 aromatic heterocycles. The molecule has 4 aliphatic rings. The molecule has 38 heavy (non-hydrogen) atoms. The van der Waals surface area contributed by atoms with Gasteiger partial charge in [0.1, 0.15) is 24.4 Å². The summed E-state index contributed by atoms with van der Waals surface area (Å²) in [4.78, 5) is 16.2. The minimum atomic E-state index is -1.58. The van der Waals surface area contributed by atoms with Crippen LogP contribution in [0.5, 0.6) is 0 Å². The molecule has 0 spiro atoms. The van der Waals surface area contributed by atoms with Crippen molar-refractivity contribution in [1.29, 1.82) is 0 Å². The van der Waals surface area contributed by atoms with Crippen molar-refractivity contribution in [2.24, 2.45) is 11.8 Å². The molecule has 0 amide bonds. The zero-order valence-corrected chi connectivity index (χ0v) is 20.8. The first kappa shape index (κ1) is 25.5. The number of para-hydroxylation sites is 1. The van der Waals surface area contributed by atoms with Crippen LogP contribution in [-0.4, -0.2) is 88.6 Å². The van der Waals surface area contributed by atoms with E-state index in [4.69, 9.17) is 18.9 Å². The van der Waals surface area contributed by atoms with E-state index < -0.39 is 55.5 Å². The third-order valence-electron chi connectivity index (χ3n) is 8.18. The van der Waals surface area contributed by atoms with E-state index in [0.717, 1.165) is 29.7 Å². The number of aromatic amines is 1. The number of methoxy groups -OCH3 is 1. The van der Waals surface area contributed by atoms with Gasteiger partial charge in [-0.05, 0) is 30.0 Å². The van der Waals surface area contributed by atoms with Crippen LogP contribution in [0.4, 0.5) is 0 Å². The van der Waals surface area contributed by atoms with Crippen molar-refractivity contribution >= 4 is 16.9 Å². The highest BCUT2D eigenvalue weighted by atomic mass is 16.8. The number of fused-ring (bicyclic) bond motifs is 4. The second-order valence-electron chi connectivity index (χ2n) is 10.2. The number of aromatic nitrogens is 1. The number of rotatable bonds is 5. The summed E-state index contributed by atoms with van der Waals surface area (Å²) in [5.74, 6) is -1.25. The molecule has 1 fully saturated rings. The van der Waals surface area contributed by atoms with Gasteiger partial charge in [0, 0.05) is 29.1 Å². The van der Waals surface area contributed by atoms with Gasteiger partial charge in [-0.1, -0.05) is 24.3 Å². The Kier molecular flexibility index (Phi) is 6.77. The molecule has 1 saturated heterocycles. The van der Waals surface area contributed by atoms with Crippen molar-refractivity contribution in [3.8, 4) is 0 Å². The molecule has 6 N–H and O–H groups in total. The SMILES string of the molecule is COC(=O)C1=CO[C@@H](O[C@H]2O[C@H](CO)[C@@H](O)[C@H](O)[C@H]2O)[C@@H]2C([C@@H]3NCCc4c3[nH]c3ccccc43)=CC[C@H]12. The van der Waals surface area contributed by atoms with Gasteiger partial charge in [-0.3, -0.25) is 0 Å². The summed E-state index contributed by atoms with van der Waals surface area (Å²) in [5.41, 5.74) is 4.67. The maximum atomic E-state index is 12.6. The van der Waals surface area contributed by atoms with Gasteiger partial charge < -0.3 is 49.7 Å². The van der Waals surface area contributed by atoms with Crippen molar-refractivity contribution < 1.29 is 44.2 Å². The van der Waals surface area contributed by atoms with Crippen LogP contribution in [0, 0.1) is 11.8 Å². The molecule has 0 saturated carbocycles. The van der Waals surface area contributed by atoms with Gasteiger partial charge >= 0.3 is 5.97 Å². The van der Waals surface area contributed by atoms with E-state index in [1.54, 1.807) is 0 Å². The second kappa shape index (κ2) is 10.1. The van der Waals surface area contributed by atoms with E-state index in [9.17, 15) is 25.2 Å². The Morgan fingerprint density at radius 3 is 2.74 bits per heavy atom. The number of benzene rings is 1. The molecule has 11 nitrogen and oxygen atoms in total. The molecule has 3 aliphatic heterocycles. The number of hydrogen-bond acceptors (Lipinski definition) is 10. The maximum absolute atomic E-state index is 12.6. The van der Waals surface area contributed by atoms with Crippen molar-refractivity contribution in [3.63, 3.8) is 0 Å². The van der Waals surface area contributed by atoms with Crippen LogP contribution in [0.15, 0.2) is 47.7 Å². The number of esters is 1. The molecule has 4 heterocycles. The highest BCUT2D eigenvalue weighted by Crippen LogP contribution is 2.49. The van der Waals surface area contributed by atoms with E-state index in [1.807, 2.05) is 18.2 Å². The van der Waals surface area contributed by atoms with Gasteiger partial charge in [-0.25, -0.2) is 4.79 Å². The van der Waals surface area contributed by atoms with Crippen molar-refractivity contribution in [2.45, 2.75) is 55.9 Å². The van der Waals surface area contributed by atoms with Crippen LogP contribution in [0.3, 0.4) is 0 Å². The number of aliphatic hydroxyl groups is 4. The fourth-order valence-corrected chi connectivity index (χ4v) is 6.28. The molecular formula is C27H32N2O9. The number of carbonyl (C=O) groups is 1. The molecule has 2 aromatic rings. The molecule has 204 valence electrons. The number of H-pyrrole nitrogens is 1. The number of aliphatic hydroxyl groups excluding tert-OH is 4. The van der Waals surface area contributed by atoms with Crippen molar-refractivity contribution in [1.82, 2.24) is 10.3 Å². The smallest absolute Gasteiger partial charge is 0.337 e. The van der Waals surface area contributed by atoms with Crippen molar-refractivity contribution in [2.75, 3.05) is 20.3 Å². The number of carbonyl (C=O) groups excluding carboxylic acids is 1.